The maximum atomic E-state index is 11.5. The lowest BCUT2D eigenvalue weighted by Crippen LogP contribution is -2.62. The van der Waals surface area contributed by atoms with Crippen molar-refractivity contribution in [2.45, 2.75) is 97.4 Å². The largest absolute Gasteiger partial charge is 0.481 e. The molecule has 12 atom stereocenters. The van der Waals surface area contributed by atoms with Gasteiger partial charge in [-0.1, -0.05) is 27.7 Å². The number of rotatable bonds is 4. The maximum Gasteiger partial charge on any atom is 0.306 e. The van der Waals surface area contributed by atoms with Crippen LogP contribution in [0.4, 0.5) is 0 Å². The van der Waals surface area contributed by atoms with Gasteiger partial charge in [0.25, 0.3) is 0 Å². The molecule has 30 heavy (non-hydrogen) atoms. The van der Waals surface area contributed by atoms with Crippen LogP contribution in [0.3, 0.4) is 0 Å². The molecule has 0 bridgehead atoms. The van der Waals surface area contributed by atoms with Crippen molar-refractivity contribution in [3.63, 3.8) is 0 Å². The van der Waals surface area contributed by atoms with Crippen molar-refractivity contribution in [2.24, 2.45) is 52.3 Å². The quantitative estimate of drug-likeness (QED) is 0.554. The molecule has 5 nitrogen and oxygen atoms in total. The van der Waals surface area contributed by atoms with Crippen molar-refractivity contribution in [3.8, 4) is 0 Å². The first-order chi connectivity index (χ1) is 14.0. The summed E-state index contributed by atoms with van der Waals surface area (Å²) in [6.07, 6.45) is 5.75. The molecule has 0 aromatic heterocycles. The molecule has 0 aromatic rings. The number of carbonyl (C=O) groups is 1. The Morgan fingerprint density at radius 1 is 1.00 bits per heavy atom. The Kier molecular flexibility index (Phi) is 5.81. The molecule has 0 heterocycles. The van der Waals surface area contributed by atoms with Crippen LogP contribution in [-0.2, 0) is 4.79 Å². The predicted octanol–water partition coefficient (Wildman–Crippen LogP) is 3.69. The van der Waals surface area contributed by atoms with Crippen molar-refractivity contribution >= 4 is 5.97 Å². The Morgan fingerprint density at radius 2 is 1.70 bits per heavy atom. The molecule has 0 saturated heterocycles. The van der Waals surface area contributed by atoms with E-state index in [1.54, 1.807) is 6.92 Å². The number of aliphatic hydroxyl groups excluding tert-OH is 3. The van der Waals surface area contributed by atoms with Gasteiger partial charge in [-0.05, 0) is 97.7 Å². The van der Waals surface area contributed by atoms with Gasteiger partial charge in [-0.3, -0.25) is 4.79 Å². The summed E-state index contributed by atoms with van der Waals surface area (Å²) in [4.78, 5) is 11.4. The van der Waals surface area contributed by atoms with Gasteiger partial charge in [0.2, 0.25) is 0 Å². The number of carboxylic acid groups (broad SMARTS) is 1. The second-order valence-corrected chi connectivity index (χ2v) is 12.0. The van der Waals surface area contributed by atoms with Gasteiger partial charge >= 0.3 is 5.97 Å². The van der Waals surface area contributed by atoms with Crippen LogP contribution in [0.15, 0.2) is 0 Å². The second kappa shape index (κ2) is 7.74. The summed E-state index contributed by atoms with van der Waals surface area (Å²) in [6, 6.07) is 0. The summed E-state index contributed by atoms with van der Waals surface area (Å²) in [5.41, 5.74) is -0.163. The number of hydrogen-bond donors (Lipinski definition) is 4. The molecule has 0 aromatic carbocycles. The molecule has 4 rings (SSSR count). The topological polar surface area (TPSA) is 98.0 Å². The minimum absolute atomic E-state index is 0.0902. The predicted molar refractivity (Wildman–Crippen MR) is 115 cm³/mol. The van der Waals surface area contributed by atoms with Crippen LogP contribution >= 0.6 is 0 Å². The van der Waals surface area contributed by atoms with Gasteiger partial charge in [0.15, 0.2) is 0 Å². The normalized spacial score (nSPS) is 52.6. The second-order valence-electron chi connectivity index (χ2n) is 12.0. The Labute approximate surface area is 181 Å². The molecule has 4 saturated carbocycles. The van der Waals surface area contributed by atoms with Gasteiger partial charge in [0.05, 0.1) is 24.2 Å². The molecule has 4 aliphatic carbocycles. The van der Waals surface area contributed by atoms with Crippen molar-refractivity contribution in [1.82, 2.24) is 0 Å². The Hall–Kier alpha value is -0.650. The fourth-order valence-corrected chi connectivity index (χ4v) is 8.95. The number of aliphatic carboxylic acids is 1. The molecular weight excluding hydrogens is 380 g/mol. The van der Waals surface area contributed by atoms with Crippen molar-refractivity contribution in [3.05, 3.63) is 0 Å². The van der Waals surface area contributed by atoms with Crippen LogP contribution in [0.25, 0.3) is 0 Å². The van der Waals surface area contributed by atoms with Gasteiger partial charge in [-0.2, -0.15) is 0 Å². The highest BCUT2D eigenvalue weighted by molar-refractivity contribution is 5.69. The van der Waals surface area contributed by atoms with E-state index in [0.29, 0.717) is 30.1 Å². The van der Waals surface area contributed by atoms with Crippen LogP contribution in [0.2, 0.25) is 0 Å². The van der Waals surface area contributed by atoms with E-state index >= 15 is 0 Å². The summed E-state index contributed by atoms with van der Waals surface area (Å²) in [6.45, 7) is 8.52. The van der Waals surface area contributed by atoms with Crippen LogP contribution < -0.4 is 0 Å². The first-order valence-electron chi connectivity index (χ1n) is 12.3. The first-order valence-corrected chi connectivity index (χ1v) is 12.3. The smallest absolute Gasteiger partial charge is 0.306 e. The van der Waals surface area contributed by atoms with Crippen LogP contribution in [-0.4, -0.2) is 44.7 Å². The molecule has 0 aliphatic heterocycles. The van der Waals surface area contributed by atoms with Gasteiger partial charge in [0.1, 0.15) is 0 Å². The standard InChI is InChI=1S/C25H42O5/c1-13(9-14(2)23(29)30)17-5-6-18-22-19(12-21(28)25(17,18)4)24(3)8-7-16(26)10-15(24)11-20(22)27/h13-22,26-28H,5-12H2,1-4H3,(H,29,30)/t13?,14-,15+,16-,17-,18+,19+,20-,21+,22+,24+,25-/m1/s1. The molecule has 0 spiro atoms. The monoisotopic (exact) mass is 422 g/mol. The molecule has 172 valence electrons. The molecule has 4 fully saturated rings. The fourth-order valence-electron chi connectivity index (χ4n) is 8.95. The summed E-state index contributed by atoms with van der Waals surface area (Å²) >= 11 is 0. The first kappa shape index (κ1) is 22.5. The van der Waals surface area contributed by atoms with E-state index in [2.05, 4.69) is 20.8 Å². The fraction of sp³-hybridized carbons (Fsp3) is 0.960. The lowest BCUT2D eigenvalue weighted by Gasteiger charge is -2.63. The van der Waals surface area contributed by atoms with E-state index in [9.17, 15) is 25.2 Å². The number of carboxylic acids is 1. The highest BCUT2D eigenvalue weighted by atomic mass is 16.4. The molecular formula is C25H42O5. The maximum absolute atomic E-state index is 11.5. The van der Waals surface area contributed by atoms with E-state index in [1.165, 1.54) is 0 Å². The van der Waals surface area contributed by atoms with E-state index in [1.807, 2.05) is 0 Å². The summed E-state index contributed by atoms with van der Waals surface area (Å²) in [5.74, 6) is 0.567. The average Bonchev–Trinajstić information content (AvgIpc) is 3.02. The molecule has 4 aliphatic rings. The zero-order valence-electron chi connectivity index (χ0n) is 19.1. The lowest BCUT2D eigenvalue weighted by atomic mass is 9.43. The summed E-state index contributed by atoms with van der Waals surface area (Å²) in [7, 11) is 0. The van der Waals surface area contributed by atoms with Crippen LogP contribution in [0.5, 0.6) is 0 Å². The third kappa shape index (κ3) is 3.26. The third-order valence-corrected chi connectivity index (χ3v) is 10.7. The SMILES string of the molecule is CC(C[C@@H](C)C(=O)O)[C@H]1CC[C@H]2[C@@H]3[C@H](O)C[C@@H]4C[C@H](O)CC[C@]4(C)[C@H]3C[C@H](O)[C@]12C. The molecule has 0 radical (unpaired) electrons. The third-order valence-electron chi connectivity index (χ3n) is 10.7. The Bertz CT molecular complexity index is 666. The zero-order chi connectivity index (χ0) is 22.0. The van der Waals surface area contributed by atoms with Gasteiger partial charge in [-0.15, -0.1) is 0 Å². The van der Waals surface area contributed by atoms with E-state index < -0.39 is 12.1 Å². The average molecular weight is 423 g/mol. The van der Waals surface area contributed by atoms with Gasteiger partial charge < -0.3 is 20.4 Å². The highest BCUT2D eigenvalue weighted by Crippen LogP contribution is 2.68. The minimum Gasteiger partial charge on any atom is -0.481 e. The van der Waals surface area contributed by atoms with Gasteiger partial charge in [0, 0.05) is 0 Å². The van der Waals surface area contributed by atoms with Crippen molar-refractivity contribution in [1.29, 1.82) is 0 Å². The number of aliphatic hydroxyl groups is 3. The van der Waals surface area contributed by atoms with E-state index in [0.717, 1.165) is 44.9 Å². The summed E-state index contributed by atoms with van der Waals surface area (Å²) < 4.78 is 0. The van der Waals surface area contributed by atoms with E-state index in [4.69, 9.17) is 0 Å². The molecule has 5 heteroatoms. The number of fused-ring (bicyclic) bond motifs is 5. The minimum atomic E-state index is -0.744. The highest BCUT2D eigenvalue weighted by Gasteiger charge is 2.65. The number of hydrogen-bond acceptors (Lipinski definition) is 4. The molecule has 4 N–H and O–H groups in total. The van der Waals surface area contributed by atoms with E-state index in [-0.39, 0.29) is 40.8 Å². The van der Waals surface area contributed by atoms with Crippen molar-refractivity contribution < 1.29 is 25.2 Å². The summed E-state index contributed by atoms with van der Waals surface area (Å²) in [5, 5.41) is 42.4. The molecule has 0 amide bonds. The van der Waals surface area contributed by atoms with Crippen LogP contribution in [0, 0.1) is 52.3 Å². The Morgan fingerprint density at radius 3 is 2.37 bits per heavy atom. The van der Waals surface area contributed by atoms with Crippen LogP contribution in [0.1, 0.15) is 79.1 Å². The lowest BCUT2D eigenvalue weighted by molar-refractivity contribution is -0.207. The Balaban J connectivity index is 1.61. The molecule has 1 unspecified atom stereocenters. The van der Waals surface area contributed by atoms with Gasteiger partial charge in [-0.25, -0.2) is 0 Å². The van der Waals surface area contributed by atoms with Crippen molar-refractivity contribution in [2.75, 3.05) is 0 Å². The zero-order valence-corrected chi connectivity index (χ0v) is 19.1.